The number of ether oxygens (including phenoxy) is 3. The Morgan fingerprint density at radius 3 is 3.04 bits per heavy atom. The lowest BCUT2D eigenvalue weighted by molar-refractivity contribution is -0.123. The molecule has 1 amide bonds. The number of nitrogens with zero attached hydrogens (tertiary/aromatic N) is 1. The van der Waals surface area contributed by atoms with Gasteiger partial charge in [-0.15, -0.1) is 0 Å². The van der Waals surface area contributed by atoms with Crippen LogP contribution in [0.2, 0.25) is 0 Å². The van der Waals surface area contributed by atoms with Crippen molar-refractivity contribution in [3.63, 3.8) is 0 Å². The number of rotatable bonds is 6. The lowest BCUT2D eigenvalue weighted by atomic mass is 10.1. The normalized spacial score (nSPS) is 20.5. The maximum Gasteiger partial charge on any atom is 0.238 e. The molecule has 4 rings (SSSR count). The molecule has 1 fully saturated rings. The molecule has 2 aliphatic heterocycles. The van der Waals surface area contributed by atoms with Crippen molar-refractivity contribution in [2.75, 3.05) is 13.4 Å². The maximum atomic E-state index is 12.3. The van der Waals surface area contributed by atoms with Crippen LogP contribution in [0.3, 0.4) is 0 Å². The van der Waals surface area contributed by atoms with Gasteiger partial charge < -0.3 is 19.5 Å². The quantitative estimate of drug-likeness (QED) is 0.700. The van der Waals surface area contributed by atoms with E-state index >= 15 is 0 Å². The van der Waals surface area contributed by atoms with Crippen molar-refractivity contribution < 1.29 is 19.0 Å². The minimum absolute atomic E-state index is 0.0308. The number of aryl methyl sites for hydroxylation is 1. The Balaban J connectivity index is 1.23. The number of benzene rings is 1. The second kappa shape index (κ2) is 7.81. The van der Waals surface area contributed by atoms with Crippen LogP contribution >= 0.6 is 0 Å². The van der Waals surface area contributed by atoms with Gasteiger partial charge in [-0.05, 0) is 37.6 Å². The molecular formula is C19H22N4O4. The first-order valence-corrected chi connectivity index (χ1v) is 8.91. The predicted octanol–water partition coefficient (Wildman–Crippen LogP) is 1.05. The highest BCUT2D eigenvalue weighted by Gasteiger charge is 2.29. The number of carbonyl (C=O) groups is 1. The minimum Gasteiger partial charge on any atom is -0.492 e. The largest absolute Gasteiger partial charge is 0.492 e. The van der Waals surface area contributed by atoms with E-state index in [1.807, 2.05) is 43.3 Å². The summed E-state index contributed by atoms with van der Waals surface area (Å²) in [5, 5.41) is 2.92. The van der Waals surface area contributed by atoms with Crippen LogP contribution in [0.1, 0.15) is 17.8 Å². The van der Waals surface area contributed by atoms with Gasteiger partial charge in [0.2, 0.25) is 12.7 Å². The molecule has 8 heteroatoms. The molecule has 0 radical (unpaired) electrons. The molecule has 1 saturated heterocycles. The molecule has 2 aromatic rings. The Morgan fingerprint density at radius 2 is 2.15 bits per heavy atom. The molecule has 3 heterocycles. The number of fused-ring (bicyclic) bond motifs is 1. The first kappa shape index (κ1) is 17.6. The van der Waals surface area contributed by atoms with E-state index in [0.29, 0.717) is 31.1 Å². The van der Waals surface area contributed by atoms with E-state index in [9.17, 15) is 4.79 Å². The zero-order valence-electron chi connectivity index (χ0n) is 15.0. The molecule has 142 valence electrons. The van der Waals surface area contributed by atoms with Gasteiger partial charge in [-0.3, -0.25) is 15.2 Å². The van der Waals surface area contributed by atoms with E-state index in [2.05, 4.69) is 21.2 Å². The molecule has 2 aliphatic rings. The summed E-state index contributed by atoms with van der Waals surface area (Å²) in [6.07, 6.45) is 0.637. The zero-order valence-corrected chi connectivity index (χ0v) is 15.0. The highest BCUT2D eigenvalue weighted by Crippen LogP contribution is 2.35. The summed E-state index contributed by atoms with van der Waals surface area (Å²) in [4.78, 5) is 16.7. The maximum absolute atomic E-state index is 12.3. The average Bonchev–Trinajstić information content (AvgIpc) is 3.33. The van der Waals surface area contributed by atoms with Crippen LogP contribution < -0.4 is 30.4 Å². The van der Waals surface area contributed by atoms with E-state index in [1.165, 1.54) is 0 Å². The van der Waals surface area contributed by atoms with Crippen LogP contribution in [0.15, 0.2) is 36.4 Å². The summed E-state index contributed by atoms with van der Waals surface area (Å²) in [6, 6.07) is 11.0. The summed E-state index contributed by atoms with van der Waals surface area (Å²) in [7, 11) is 0. The Kier molecular flexibility index (Phi) is 5.08. The number of carbonyl (C=O) groups excluding carboxylic acids is 1. The number of pyridine rings is 1. The monoisotopic (exact) mass is 370 g/mol. The van der Waals surface area contributed by atoms with E-state index in [4.69, 9.17) is 14.2 Å². The predicted molar refractivity (Wildman–Crippen MR) is 97.3 cm³/mol. The summed E-state index contributed by atoms with van der Waals surface area (Å²) in [6.45, 7) is 3.02. The second-order valence-electron chi connectivity index (χ2n) is 6.59. The Morgan fingerprint density at radius 1 is 1.26 bits per heavy atom. The highest BCUT2D eigenvalue weighted by atomic mass is 16.7. The average molecular weight is 370 g/mol. The van der Waals surface area contributed by atoms with Crippen LogP contribution in [0.25, 0.3) is 0 Å². The number of hydrogen-bond acceptors (Lipinski definition) is 7. The molecule has 0 saturated carbocycles. The molecule has 0 aliphatic carbocycles. The summed E-state index contributed by atoms with van der Waals surface area (Å²) in [5.41, 5.74) is 7.91. The Hall–Kier alpha value is -2.84. The Bertz CT molecular complexity index is 829. The van der Waals surface area contributed by atoms with Crippen LogP contribution in [-0.4, -0.2) is 36.4 Å². The standard InChI is InChI=1S/C19H22N4O4/c1-12-3-2-4-13(21-12)9-20-19(24)16-7-14(22-23-16)10-25-15-5-6-17-18(8-15)27-11-26-17/h2-6,8,14,16,22-23H,7,9-11H2,1H3,(H,20,24). The highest BCUT2D eigenvalue weighted by molar-refractivity contribution is 5.82. The minimum atomic E-state index is -0.305. The van der Waals surface area contributed by atoms with E-state index in [0.717, 1.165) is 17.1 Å². The fourth-order valence-corrected chi connectivity index (χ4v) is 3.07. The fourth-order valence-electron chi connectivity index (χ4n) is 3.07. The van der Waals surface area contributed by atoms with Crippen molar-refractivity contribution >= 4 is 5.91 Å². The van der Waals surface area contributed by atoms with Gasteiger partial charge in [-0.25, -0.2) is 5.43 Å². The van der Waals surface area contributed by atoms with Crippen LogP contribution in [0, 0.1) is 6.92 Å². The first-order valence-electron chi connectivity index (χ1n) is 8.91. The van der Waals surface area contributed by atoms with Crippen molar-refractivity contribution in [2.24, 2.45) is 0 Å². The molecular weight excluding hydrogens is 348 g/mol. The van der Waals surface area contributed by atoms with E-state index in [-0.39, 0.29) is 24.8 Å². The van der Waals surface area contributed by atoms with Gasteiger partial charge in [0.25, 0.3) is 0 Å². The fraction of sp³-hybridized carbons (Fsp3) is 0.368. The van der Waals surface area contributed by atoms with Crippen LogP contribution in [0.5, 0.6) is 17.2 Å². The molecule has 1 aromatic carbocycles. The van der Waals surface area contributed by atoms with Gasteiger partial charge in [0.15, 0.2) is 11.5 Å². The molecule has 3 N–H and O–H groups in total. The molecule has 27 heavy (non-hydrogen) atoms. The zero-order chi connectivity index (χ0) is 18.6. The third-order valence-electron chi connectivity index (χ3n) is 4.48. The number of hydrazine groups is 1. The van der Waals surface area contributed by atoms with Crippen molar-refractivity contribution in [3.8, 4) is 17.2 Å². The van der Waals surface area contributed by atoms with Crippen molar-refractivity contribution in [1.82, 2.24) is 21.2 Å². The second-order valence-corrected chi connectivity index (χ2v) is 6.59. The SMILES string of the molecule is Cc1cccc(CNC(=O)C2CC(COc3ccc4c(c3)OCO4)NN2)n1. The summed E-state index contributed by atoms with van der Waals surface area (Å²) >= 11 is 0. The molecule has 0 spiro atoms. The van der Waals surface area contributed by atoms with Gasteiger partial charge >= 0.3 is 0 Å². The van der Waals surface area contributed by atoms with Gasteiger partial charge in [0.05, 0.1) is 18.3 Å². The van der Waals surface area contributed by atoms with Gasteiger partial charge in [0, 0.05) is 11.8 Å². The molecule has 8 nitrogen and oxygen atoms in total. The van der Waals surface area contributed by atoms with Gasteiger partial charge in [-0.1, -0.05) is 6.07 Å². The Labute approximate surface area is 157 Å². The molecule has 0 bridgehead atoms. The van der Waals surface area contributed by atoms with Gasteiger partial charge in [0.1, 0.15) is 18.4 Å². The summed E-state index contributed by atoms with van der Waals surface area (Å²) < 4.78 is 16.4. The number of aromatic nitrogens is 1. The number of amides is 1. The van der Waals surface area contributed by atoms with Crippen LogP contribution in [0.4, 0.5) is 0 Å². The smallest absolute Gasteiger partial charge is 0.238 e. The third kappa shape index (κ3) is 4.29. The summed E-state index contributed by atoms with van der Waals surface area (Å²) in [5.74, 6) is 2.06. The molecule has 2 atom stereocenters. The lowest BCUT2D eigenvalue weighted by Crippen LogP contribution is -2.43. The van der Waals surface area contributed by atoms with E-state index in [1.54, 1.807) is 0 Å². The number of nitrogens with one attached hydrogen (secondary N) is 3. The molecule has 2 unspecified atom stereocenters. The van der Waals surface area contributed by atoms with Gasteiger partial charge in [-0.2, -0.15) is 0 Å². The van der Waals surface area contributed by atoms with Crippen molar-refractivity contribution in [3.05, 3.63) is 47.8 Å². The van der Waals surface area contributed by atoms with Crippen molar-refractivity contribution in [2.45, 2.75) is 32.0 Å². The van der Waals surface area contributed by atoms with Crippen LogP contribution in [-0.2, 0) is 11.3 Å². The molecule has 1 aromatic heterocycles. The van der Waals surface area contributed by atoms with Crippen molar-refractivity contribution in [1.29, 1.82) is 0 Å². The first-order chi connectivity index (χ1) is 13.2. The van der Waals surface area contributed by atoms with E-state index < -0.39 is 0 Å². The third-order valence-corrected chi connectivity index (χ3v) is 4.48. The lowest BCUT2D eigenvalue weighted by Gasteiger charge is -2.12. The topological polar surface area (TPSA) is 93.7 Å². The number of hydrogen-bond donors (Lipinski definition) is 3.